The molecule has 1 fully saturated rings. The third-order valence-electron chi connectivity index (χ3n) is 4.80. The molecule has 0 unspecified atom stereocenters. The second kappa shape index (κ2) is 7.64. The van der Waals surface area contributed by atoms with Gasteiger partial charge < -0.3 is 16.0 Å². The molecule has 1 aliphatic heterocycles. The lowest BCUT2D eigenvalue weighted by Crippen LogP contribution is -2.31. The van der Waals surface area contributed by atoms with Crippen LogP contribution in [0.2, 0.25) is 0 Å². The van der Waals surface area contributed by atoms with Crippen molar-refractivity contribution in [2.24, 2.45) is 0 Å². The number of carbonyl (C=O) groups is 1. The number of nitrogen functional groups attached to an aromatic ring is 1. The largest absolute Gasteiger partial charge is 0.384 e. The lowest BCUT2D eigenvalue weighted by molar-refractivity contribution is 0.0732. The molecular weight excluding hydrogens is 352 g/mol. The number of pyridine rings is 3. The Hall–Kier alpha value is -3.48. The number of nitrogens with zero attached hydrogens (tertiary/aromatic N) is 4. The van der Waals surface area contributed by atoms with Crippen LogP contribution >= 0.6 is 0 Å². The minimum absolute atomic E-state index is 0.0458. The molecule has 3 aromatic heterocycles. The summed E-state index contributed by atoms with van der Waals surface area (Å²) in [4.78, 5) is 28.0. The van der Waals surface area contributed by atoms with Crippen molar-refractivity contribution in [3.63, 3.8) is 0 Å². The van der Waals surface area contributed by atoms with Crippen molar-refractivity contribution in [3.05, 3.63) is 71.7 Å². The van der Waals surface area contributed by atoms with Crippen LogP contribution in [0.3, 0.4) is 0 Å². The Morgan fingerprint density at radius 2 is 1.89 bits per heavy atom. The van der Waals surface area contributed by atoms with E-state index in [4.69, 9.17) is 10.7 Å². The SMILES string of the molecule is Cc1cccc(Nc2cccc([C@@H]3CCCN3C(=O)c3ccc(N)nc3)n2)n1. The molecule has 7 nitrogen and oxygen atoms in total. The van der Waals surface area contributed by atoms with Gasteiger partial charge in [0.1, 0.15) is 17.5 Å². The van der Waals surface area contributed by atoms with Crippen LogP contribution in [0.15, 0.2) is 54.7 Å². The van der Waals surface area contributed by atoms with E-state index >= 15 is 0 Å². The Morgan fingerprint density at radius 3 is 2.64 bits per heavy atom. The van der Waals surface area contributed by atoms with Gasteiger partial charge in [0.15, 0.2) is 0 Å². The van der Waals surface area contributed by atoms with Crippen LogP contribution in [0.5, 0.6) is 0 Å². The quantitative estimate of drug-likeness (QED) is 0.726. The number of nitrogens with two attached hydrogens (primary N) is 1. The van der Waals surface area contributed by atoms with E-state index in [1.807, 2.05) is 48.2 Å². The molecule has 0 spiro atoms. The maximum absolute atomic E-state index is 12.9. The number of aromatic nitrogens is 3. The summed E-state index contributed by atoms with van der Waals surface area (Å²) < 4.78 is 0. The van der Waals surface area contributed by atoms with Crippen LogP contribution in [0, 0.1) is 6.92 Å². The molecule has 3 N–H and O–H groups in total. The molecule has 1 aliphatic rings. The molecule has 1 atom stereocenters. The first-order valence-corrected chi connectivity index (χ1v) is 9.30. The van der Waals surface area contributed by atoms with E-state index in [-0.39, 0.29) is 11.9 Å². The zero-order chi connectivity index (χ0) is 19.5. The van der Waals surface area contributed by atoms with E-state index in [9.17, 15) is 4.79 Å². The minimum atomic E-state index is -0.0581. The highest BCUT2D eigenvalue weighted by atomic mass is 16.2. The van der Waals surface area contributed by atoms with Gasteiger partial charge in [0, 0.05) is 18.4 Å². The smallest absolute Gasteiger partial charge is 0.255 e. The van der Waals surface area contributed by atoms with Crippen LogP contribution in [-0.4, -0.2) is 32.3 Å². The number of amides is 1. The molecule has 1 amide bonds. The van der Waals surface area contributed by atoms with Crippen molar-refractivity contribution in [2.75, 3.05) is 17.6 Å². The van der Waals surface area contributed by atoms with E-state index in [0.29, 0.717) is 23.7 Å². The van der Waals surface area contributed by atoms with Gasteiger partial charge in [-0.25, -0.2) is 15.0 Å². The fraction of sp³-hybridized carbons (Fsp3) is 0.238. The minimum Gasteiger partial charge on any atom is -0.384 e. The number of nitrogens with one attached hydrogen (secondary N) is 1. The zero-order valence-corrected chi connectivity index (χ0v) is 15.7. The van der Waals surface area contributed by atoms with Crippen LogP contribution in [0.1, 0.15) is 40.6 Å². The molecule has 4 rings (SSSR count). The maximum atomic E-state index is 12.9. The van der Waals surface area contributed by atoms with Crippen molar-refractivity contribution in [2.45, 2.75) is 25.8 Å². The van der Waals surface area contributed by atoms with Gasteiger partial charge in [-0.1, -0.05) is 12.1 Å². The van der Waals surface area contributed by atoms with Gasteiger partial charge in [-0.05, 0) is 56.2 Å². The van der Waals surface area contributed by atoms with Crippen LogP contribution < -0.4 is 11.1 Å². The number of carbonyl (C=O) groups excluding carboxylic acids is 1. The highest BCUT2D eigenvalue weighted by molar-refractivity contribution is 5.94. The number of likely N-dealkylation sites (tertiary alicyclic amines) is 1. The second-order valence-electron chi connectivity index (χ2n) is 6.87. The molecule has 1 saturated heterocycles. The van der Waals surface area contributed by atoms with Gasteiger partial charge in [0.05, 0.1) is 17.3 Å². The van der Waals surface area contributed by atoms with Crippen LogP contribution in [0.4, 0.5) is 17.5 Å². The summed E-state index contributed by atoms with van der Waals surface area (Å²) in [6, 6.07) is 14.9. The predicted molar refractivity (Wildman–Crippen MR) is 108 cm³/mol. The van der Waals surface area contributed by atoms with Crippen molar-refractivity contribution >= 4 is 23.4 Å². The third kappa shape index (κ3) is 3.78. The number of hydrogen-bond acceptors (Lipinski definition) is 6. The fourth-order valence-corrected chi connectivity index (χ4v) is 3.47. The number of rotatable bonds is 4. The average molecular weight is 374 g/mol. The molecule has 0 aromatic carbocycles. The number of hydrogen-bond donors (Lipinski definition) is 2. The highest BCUT2D eigenvalue weighted by Crippen LogP contribution is 2.32. The molecule has 0 bridgehead atoms. The van der Waals surface area contributed by atoms with Gasteiger partial charge in [-0.2, -0.15) is 0 Å². The first kappa shape index (κ1) is 17.9. The van der Waals surface area contributed by atoms with Gasteiger partial charge >= 0.3 is 0 Å². The highest BCUT2D eigenvalue weighted by Gasteiger charge is 2.31. The Morgan fingerprint density at radius 1 is 1.11 bits per heavy atom. The average Bonchev–Trinajstić information content (AvgIpc) is 3.18. The summed E-state index contributed by atoms with van der Waals surface area (Å²) in [5.41, 5.74) is 7.97. The molecule has 142 valence electrons. The lowest BCUT2D eigenvalue weighted by atomic mass is 10.1. The Kier molecular flexibility index (Phi) is 4.89. The Balaban J connectivity index is 1.56. The summed E-state index contributed by atoms with van der Waals surface area (Å²) in [6.45, 7) is 2.65. The van der Waals surface area contributed by atoms with E-state index in [1.54, 1.807) is 12.1 Å². The third-order valence-corrected chi connectivity index (χ3v) is 4.80. The Bertz CT molecular complexity index is 988. The van der Waals surface area contributed by atoms with Crippen molar-refractivity contribution in [1.82, 2.24) is 19.9 Å². The normalized spacial score (nSPS) is 16.2. The first-order chi connectivity index (χ1) is 13.6. The van der Waals surface area contributed by atoms with Gasteiger partial charge in [-0.3, -0.25) is 4.79 Å². The van der Waals surface area contributed by atoms with Crippen LogP contribution in [-0.2, 0) is 0 Å². The van der Waals surface area contributed by atoms with Gasteiger partial charge in [0.25, 0.3) is 5.91 Å². The van der Waals surface area contributed by atoms with E-state index in [0.717, 1.165) is 30.0 Å². The standard InChI is InChI=1S/C21H22N6O/c1-14-5-2-8-19(24-14)26-20-9-3-6-16(25-20)17-7-4-12-27(17)21(28)15-10-11-18(22)23-13-15/h2-3,5-6,8-11,13,17H,4,7,12H2,1H3,(H2,22,23)(H,24,25,26)/t17-/m0/s1. The summed E-state index contributed by atoms with van der Waals surface area (Å²) in [5.74, 6) is 1.82. The fourth-order valence-electron chi connectivity index (χ4n) is 3.47. The Labute approximate surface area is 163 Å². The molecule has 3 aromatic rings. The molecule has 0 aliphatic carbocycles. The maximum Gasteiger partial charge on any atom is 0.255 e. The lowest BCUT2D eigenvalue weighted by Gasteiger charge is -2.24. The first-order valence-electron chi connectivity index (χ1n) is 9.30. The van der Waals surface area contributed by atoms with Crippen LogP contribution in [0.25, 0.3) is 0 Å². The summed E-state index contributed by atoms with van der Waals surface area (Å²) >= 11 is 0. The number of aryl methyl sites for hydroxylation is 1. The molecule has 0 radical (unpaired) electrons. The number of anilines is 3. The van der Waals surface area contributed by atoms with E-state index in [1.165, 1.54) is 6.20 Å². The summed E-state index contributed by atoms with van der Waals surface area (Å²) in [6.07, 6.45) is 3.35. The molecular formula is C21H22N6O. The van der Waals surface area contributed by atoms with Gasteiger partial charge in [0.2, 0.25) is 0 Å². The van der Waals surface area contributed by atoms with E-state index in [2.05, 4.69) is 15.3 Å². The summed E-state index contributed by atoms with van der Waals surface area (Å²) in [5, 5.41) is 3.24. The van der Waals surface area contributed by atoms with Crippen molar-refractivity contribution in [3.8, 4) is 0 Å². The van der Waals surface area contributed by atoms with Gasteiger partial charge in [-0.15, -0.1) is 0 Å². The molecule has 4 heterocycles. The molecule has 7 heteroatoms. The monoisotopic (exact) mass is 374 g/mol. The van der Waals surface area contributed by atoms with E-state index < -0.39 is 0 Å². The summed E-state index contributed by atoms with van der Waals surface area (Å²) in [7, 11) is 0. The molecule has 0 saturated carbocycles. The predicted octanol–water partition coefficient (Wildman–Crippen LogP) is 3.48. The topological polar surface area (TPSA) is 97.0 Å². The molecule has 28 heavy (non-hydrogen) atoms. The van der Waals surface area contributed by atoms with Crippen molar-refractivity contribution in [1.29, 1.82) is 0 Å². The van der Waals surface area contributed by atoms with Crippen molar-refractivity contribution < 1.29 is 4.79 Å². The zero-order valence-electron chi connectivity index (χ0n) is 15.7. The second-order valence-corrected chi connectivity index (χ2v) is 6.87.